The molecule has 0 radical (unpaired) electrons. The molecule has 2 heterocycles. The first-order valence-electron chi connectivity index (χ1n) is 7.86. The third-order valence-electron chi connectivity index (χ3n) is 3.63. The number of hydrogen-bond donors (Lipinski definition) is 2. The SMILES string of the molecule is Cc1sc(NC(=O)C(C)NS(=O)(=O)c2cccs2)nc1-c1ccc(F)cc1. The molecule has 0 spiro atoms. The van der Waals surface area contributed by atoms with Crippen LogP contribution in [0.3, 0.4) is 0 Å². The van der Waals surface area contributed by atoms with Crippen molar-refractivity contribution in [3.05, 3.63) is 52.5 Å². The molecule has 0 aliphatic rings. The molecule has 0 fully saturated rings. The monoisotopic (exact) mass is 425 g/mol. The van der Waals surface area contributed by atoms with E-state index >= 15 is 0 Å². The predicted molar refractivity (Wildman–Crippen MR) is 105 cm³/mol. The average Bonchev–Trinajstić information content (AvgIpc) is 3.26. The molecule has 2 aromatic heterocycles. The fourth-order valence-corrected chi connectivity index (χ4v) is 5.35. The fraction of sp³-hybridized carbons (Fsp3) is 0.176. The molecule has 0 aliphatic carbocycles. The maximum absolute atomic E-state index is 13.1. The summed E-state index contributed by atoms with van der Waals surface area (Å²) in [5.74, 6) is -0.860. The first-order valence-corrected chi connectivity index (χ1v) is 11.0. The number of nitrogens with one attached hydrogen (secondary N) is 2. The molecule has 1 aromatic carbocycles. The van der Waals surface area contributed by atoms with Crippen molar-refractivity contribution in [1.29, 1.82) is 0 Å². The van der Waals surface area contributed by atoms with Crippen LogP contribution in [-0.2, 0) is 14.8 Å². The Balaban J connectivity index is 1.71. The molecule has 27 heavy (non-hydrogen) atoms. The highest BCUT2D eigenvalue weighted by Gasteiger charge is 2.23. The second-order valence-corrected chi connectivity index (χ2v) is 9.79. The summed E-state index contributed by atoms with van der Waals surface area (Å²) in [5.41, 5.74) is 1.37. The Bertz CT molecular complexity index is 1050. The van der Waals surface area contributed by atoms with Crippen molar-refractivity contribution in [2.24, 2.45) is 0 Å². The number of aryl methyl sites for hydroxylation is 1. The minimum Gasteiger partial charge on any atom is -0.301 e. The fourth-order valence-electron chi connectivity index (χ4n) is 2.30. The maximum atomic E-state index is 13.1. The number of thiazole rings is 1. The number of carbonyl (C=O) groups excluding carboxylic acids is 1. The Hall–Kier alpha value is -2.14. The van der Waals surface area contributed by atoms with Crippen LogP contribution >= 0.6 is 22.7 Å². The van der Waals surface area contributed by atoms with Gasteiger partial charge in [-0.15, -0.1) is 22.7 Å². The van der Waals surface area contributed by atoms with Crippen molar-refractivity contribution in [1.82, 2.24) is 9.71 Å². The number of carbonyl (C=O) groups is 1. The minimum absolute atomic E-state index is 0.144. The van der Waals surface area contributed by atoms with Gasteiger partial charge < -0.3 is 5.32 Å². The number of benzene rings is 1. The number of nitrogens with zero attached hydrogens (tertiary/aromatic N) is 1. The Morgan fingerprint density at radius 1 is 1.22 bits per heavy atom. The van der Waals surface area contributed by atoms with Gasteiger partial charge >= 0.3 is 0 Å². The molecule has 0 saturated carbocycles. The second kappa shape index (κ2) is 7.85. The normalized spacial score (nSPS) is 12.7. The quantitative estimate of drug-likeness (QED) is 0.631. The van der Waals surface area contributed by atoms with Crippen LogP contribution in [0.5, 0.6) is 0 Å². The number of rotatable bonds is 6. The van der Waals surface area contributed by atoms with Gasteiger partial charge in [0.25, 0.3) is 10.0 Å². The van der Waals surface area contributed by atoms with Gasteiger partial charge in [0.2, 0.25) is 5.91 Å². The van der Waals surface area contributed by atoms with Crippen molar-refractivity contribution < 1.29 is 17.6 Å². The third kappa shape index (κ3) is 4.59. The molecule has 3 aromatic rings. The minimum atomic E-state index is -3.75. The van der Waals surface area contributed by atoms with Gasteiger partial charge in [0, 0.05) is 10.4 Å². The molecule has 2 N–H and O–H groups in total. The lowest BCUT2D eigenvalue weighted by Gasteiger charge is -2.12. The summed E-state index contributed by atoms with van der Waals surface area (Å²) in [6.45, 7) is 3.30. The summed E-state index contributed by atoms with van der Waals surface area (Å²) in [7, 11) is -3.75. The summed E-state index contributed by atoms with van der Waals surface area (Å²) < 4.78 is 40.0. The van der Waals surface area contributed by atoms with E-state index in [0.717, 1.165) is 21.8 Å². The first kappa shape index (κ1) is 19.6. The van der Waals surface area contributed by atoms with Crippen molar-refractivity contribution in [3.8, 4) is 11.3 Å². The standard InChI is InChI=1S/C17H16FN3O3S3/c1-10(21-27(23,24)14-4-3-9-25-14)16(22)20-17-19-15(11(2)26-17)12-5-7-13(18)8-6-12/h3-10,21H,1-2H3,(H,19,20,22). The molecular formula is C17H16FN3O3S3. The van der Waals surface area contributed by atoms with Crippen LogP contribution in [-0.4, -0.2) is 25.4 Å². The number of sulfonamides is 1. The topological polar surface area (TPSA) is 88.2 Å². The zero-order valence-corrected chi connectivity index (χ0v) is 16.8. The molecule has 1 atom stereocenters. The zero-order chi connectivity index (χ0) is 19.6. The van der Waals surface area contributed by atoms with E-state index in [2.05, 4.69) is 15.0 Å². The predicted octanol–water partition coefficient (Wildman–Crippen LogP) is 3.62. The van der Waals surface area contributed by atoms with Crippen LogP contribution in [0.1, 0.15) is 11.8 Å². The molecule has 6 nitrogen and oxygen atoms in total. The lowest BCUT2D eigenvalue weighted by molar-refractivity contribution is -0.117. The number of thiophene rings is 1. The molecule has 10 heteroatoms. The molecule has 1 unspecified atom stereocenters. The zero-order valence-electron chi connectivity index (χ0n) is 14.4. The van der Waals surface area contributed by atoms with Crippen molar-refractivity contribution >= 4 is 43.7 Å². The molecule has 0 saturated heterocycles. The van der Waals surface area contributed by atoms with Crippen molar-refractivity contribution in [2.45, 2.75) is 24.1 Å². The summed E-state index contributed by atoms with van der Waals surface area (Å²) in [5, 5.41) is 4.62. The summed E-state index contributed by atoms with van der Waals surface area (Å²) in [6, 6.07) is 8.02. The van der Waals surface area contributed by atoms with Crippen LogP contribution < -0.4 is 10.0 Å². The molecule has 142 valence electrons. The van der Waals surface area contributed by atoms with Gasteiger partial charge in [0.05, 0.1) is 11.7 Å². The van der Waals surface area contributed by atoms with Crippen LogP contribution in [0, 0.1) is 12.7 Å². The summed E-state index contributed by atoms with van der Waals surface area (Å²) in [6.07, 6.45) is 0. The third-order valence-corrected chi connectivity index (χ3v) is 7.45. The van der Waals surface area contributed by atoms with Crippen LogP contribution in [0.2, 0.25) is 0 Å². The average molecular weight is 426 g/mol. The number of anilines is 1. The Morgan fingerprint density at radius 3 is 2.56 bits per heavy atom. The lowest BCUT2D eigenvalue weighted by atomic mass is 10.1. The summed E-state index contributed by atoms with van der Waals surface area (Å²) in [4.78, 5) is 17.6. The van der Waals surface area contributed by atoms with E-state index in [1.807, 2.05) is 6.92 Å². The Kier molecular flexibility index (Phi) is 5.70. The van der Waals surface area contributed by atoms with Crippen molar-refractivity contribution in [3.63, 3.8) is 0 Å². The van der Waals surface area contributed by atoms with Crippen molar-refractivity contribution in [2.75, 3.05) is 5.32 Å². The molecule has 1 amide bonds. The van der Waals surface area contributed by atoms with Gasteiger partial charge in [0.1, 0.15) is 10.0 Å². The number of aromatic nitrogens is 1. The maximum Gasteiger partial charge on any atom is 0.250 e. The molecular weight excluding hydrogens is 409 g/mol. The van der Waals surface area contributed by atoms with Crippen LogP contribution in [0.25, 0.3) is 11.3 Å². The first-order chi connectivity index (χ1) is 12.8. The Morgan fingerprint density at radius 2 is 1.93 bits per heavy atom. The summed E-state index contributed by atoms with van der Waals surface area (Å²) >= 11 is 2.34. The van der Waals surface area contributed by atoms with E-state index < -0.39 is 22.0 Å². The van der Waals surface area contributed by atoms with Gasteiger partial charge in [0.15, 0.2) is 5.13 Å². The highest BCUT2D eigenvalue weighted by molar-refractivity contribution is 7.91. The van der Waals surface area contributed by atoms with E-state index in [1.54, 1.807) is 23.6 Å². The van der Waals surface area contributed by atoms with Gasteiger partial charge in [-0.2, -0.15) is 4.72 Å². The lowest BCUT2D eigenvalue weighted by Crippen LogP contribution is -2.41. The van der Waals surface area contributed by atoms with Gasteiger partial charge in [-0.25, -0.2) is 17.8 Å². The van der Waals surface area contributed by atoms with E-state index in [4.69, 9.17) is 0 Å². The number of hydrogen-bond acceptors (Lipinski definition) is 6. The number of halogens is 1. The van der Waals surface area contributed by atoms with E-state index in [9.17, 15) is 17.6 Å². The van der Waals surface area contributed by atoms with Gasteiger partial charge in [-0.05, 0) is 49.6 Å². The van der Waals surface area contributed by atoms with E-state index in [1.165, 1.54) is 36.5 Å². The molecule has 0 aliphatic heterocycles. The highest BCUT2D eigenvalue weighted by Crippen LogP contribution is 2.30. The molecule has 0 bridgehead atoms. The Labute approximate surface area is 164 Å². The smallest absolute Gasteiger partial charge is 0.250 e. The second-order valence-electron chi connectivity index (χ2n) is 5.70. The van der Waals surface area contributed by atoms with Gasteiger partial charge in [-0.1, -0.05) is 6.07 Å². The largest absolute Gasteiger partial charge is 0.301 e. The highest BCUT2D eigenvalue weighted by atomic mass is 32.2. The number of amides is 1. The molecule has 3 rings (SSSR count). The van der Waals surface area contributed by atoms with E-state index in [0.29, 0.717) is 10.8 Å². The van der Waals surface area contributed by atoms with E-state index in [-0.39, 0.29) is 10.0 Å². The van der Waals surface area contributed by atoms with Crippen LogP contribution in [0.15, 0.2) is 46.0 Å². The van der Waals surface area contributed by atoms with Crippen LogP contribution in [0.4, 0.5) is 9.52 Å². The van der Waals surface area contributed by atoms with Gasteiger partial charge in [-0.3, -0.25) is 4.79 Å².